The van der Waals surface area contributed by atoms with Gasteiger partial charge < -0.3 is 15.4 Å². The van der Waals surface area contributed by atoms with Crippen LogP contribution in [0.25, 0.3) is 0 Å². The zero-order valence-corrected chi connectivity index (χ0v) is 16.5. The molecule has 0 aliphatic carbocycles. The molecule has 0 spiro atoms. The topological polar surface area (TPSA) is 83.0 Å². The average Bonchev–Trinajstić information content (AvgIpc) is 2.67. The number of sulfonamides is 1. The third-order valence-corrected chi connectivity index (χ3v) is 6.15. The number of rotatable bonds is 8. The van der Waals surface area contributed by atoms with E-state index < -0.39 is 10.0 Å². The van der Waals surface area contributed by atoms with Gasteiger partial charge in [0.25, 0.3) is 0 Å². The number of hydrogen-bond acceptors (Lipinski definition) is 4. The molecule has 0 aromatic heterocycles. The van der Waals surface area contributed by atoms with E-state index in [0.29, 0.717) is 37.7 Å². The molecule has 0 unspecified atom stereocenters. The Morgan fingerprint density at radius 1 is 1.15 bits per heavy atom. The molecule has 26 heavy (non-hydrogen) atoms. The van der Waals surface area contributed by atoms with E-state index in [1.54, 1.807) is 23.5 Å². The van der Waals surface area contributed by atoms with Crippen molar-refractivity contribution in [2.75, 3.05) is 39.9 Å². The summed E-state index contributed by atoms with van der Waals surface area (Å²) in [4.78, 5) is 4.87. The van der Waals surface area contributed by atoms with Crippen molar-refractivity contribution >= 4 is 16.0 Å². The van der Waals surface area contributed by atoms with E-state index in [2.05, 4.69) is 15.6 Å². The number of nitrogens with one attached hydrogen (secondary N) is 2. The molecule has 146 valence electrons. The van der Waals surface area contributed by atoms with Crippen molar-refractivity contribution < 1.29 is 13.2 Å². The molecule has 0 bridgehead atoms. The molecular weight excluding hydrogens is 352 g/mol. The Hall–Kier alpha value is -1.64. The monoisotopic (exact) mass is 382 g/mol. The molecule has 1 aliphatic heterocycles. The fraction of sp³-hybridized carbons (Fsp3) is 0.611. The van der Waals surface area contributed by atoms with Crippen molar-refractivity contribution in [1.82, 2.24) is 14.9 Å². The number of benzene rings is 1. The minimum absolute atomic E-state index is 0.359. The van der Waals surface area contributed by atoms with Gasteiger partial charge in [0.15, 0.2) is 5.96 Å². The average molecular weight is 383 g/mol. The SMILES string of the molecule is CCNC(=NCc1ccc(S(=O)(=O)N2CCCCC2)cc1)NCCOC. The third-order valence-electron chi connectivity index (χ3n) is 4.24. The van der Waals surface area contributed by atoms with Gasteiger partial charge in [-0.25, -0.2) is 13.4 Å². The predicted octanol–water partition coefficient (Wildman–Crippen LogP) is 1.56. The van der Waals surface area contributed by atoms with E-state index in [1.807, 2.05) is 19.1 Å². The van der Waals surface area contributed by atoms with E-state index >= 15 is 0 Å². The lowest BCUT2D eigenvalue weighted by atomic mass is 10.2. The molecule has 7 nitrogen and oxygen atoms in total. The molecular formula is C18H30N4O3S. The third kappa shape index (κ3) is 5.96. The Morgan fingerprint density at radius 2 is 1.85 bits per heavy atom. The summed E-state index contributed by atoms with van der Waals surface area (Å²) in [5.74, 6) is 0.717. The molecule has 1 aliphatic rings. The molecule has 1 aromatic carbocycles. The van der Waals surface area contributed by atoms with E-state index in [4.69, 9.17) is 4.74 Å². The molecule has 1 aromatic rings. The van der Waals surface area contributed by atoms with E-state index in [-0.39, 0.29) is 0 Å². The van der Waals surface area contributed by atoms with Crippen LogP contribution in [0.15, 0.2) is 34.2 Å². The van der Waals surface area contributed by atoms with Crippen molar-refractivity contribution in [3.8, 4) is 0 Å². The molecule has 0 amide bonds. The quantitative estimate of drug-likeness (QED) is 0.405. The first-order valence-electron chi connectivity index (χ1n) is 9.18. The van der Waals surface area contributed by atoms with Crippen LogP contribution in [0.2, 0.25) is 0 Å². The Labute approximate surface area is 156 Å². The van der Waals surface area contributed by atoms with Crippen LogP contribution < -0.4 is 10.6 Å². The standard InChI is InChI=1S/C18H30N4O3S/c1-3-19-18(20-11-14-25-2)21-15-16-7-9-17(10-8-16)26(23,24)22-12-5-4-6-13-22/h7-10H,3-6,11-15H2,1-2H3,(H2,19,20,21). The maximum atomic E-state index is 12.7. The molecule has 1 heterocycles. The van der Waals surface area contributed by atoms with Crippen molar-refractivity contribution in [2.24, 2.45) is 4.99 Å². The fourth-order valence-corrected chi connectivity index (χ4v) is 4.32. The Morgan fingerprint density at radius 3 is 2.46 bits per heavy atom. The number of piperidine rings is 1. The second kappa shape index (κ2) is 10.5. The molecule has 2 N–H and O–H groups in total. The first-order chi connectivity index (χ1) is 12.6. The van der Waals surface area contributed by atoms with E-state index in [0.717, 1.165) is 37.3 Å². The number of hydrogen-bond donors (Lipinski definition) is 2. The van der Waals surface area contributed by atoms with Crippen molar-refractivity contribution in [3.05, 3.63) is 29.8 Å². The van der Waals surface area contributed by atoms with Gasteiger partial charge in [0, 0.05) is 33.3 Å². The lowest BCUT2D eigenvalue weighted by molar-refractivity contribution is 0.203. The lowest BCUT2D eigenvalue weighted by Gasteiger charge is -2.25. The van der Waals surface area contributed by atoms with Crippen LogP contribution in [0.5, 0.6) is 0 Å². The Kier molecular flexibility index (Phi) is 8.34. The van der Waals surface area contributed by atoms with Crippen molar-refractivity contribution in [1.29, 1.82) is 0 Å². The van der Waals surface area contributed by atoms with Crippen LogP contribution in [-0.4, -0.2) is 58.6 Å². The maximum absolute atomic E-state index is 12.7. The second-order valence-corrected chi connectivity index (χ2v) is 8.16. The summed E-state index contributed by atoms with van der Waals surface area (Å²) in [5, 5.41) is 6.35. The molecule has 1 fully saturated rings. The van der Waals surface area contributed by atoms with E-state index in [9.17, 15) is 8.42 Å². The van der Waals surface area contributed by atoms with Gasteiger partial charge in [-0.3, -0.25) is 0 Å². The van der Waals surface area contributed by atoms with Gasteiger partial charge in [-0.2, -0.15) is 4.31 Å². The highest BCUT2D eigenvalue weighted by Gasteiger charge is 2.25. The highest BCUT2D eigenvalue weighted by molar-refractivity contribution is 7.89. The van der Waals surface area contributed by atoms with Crippen LogP contribution in [0.4, 0.5) is 0 Å². The lowest BCUT2D eigenvalue weighted by Crippen LogP contribution is -2.38. The van der Waals surface area contributed by atoms with Crippen LogP contribution in [0, 0.1) is 0 Å². The summed E-state index contributed by atoms with van der Waals surface area (Å²) in [6.45, 7) is 5.77. The molecule has 0 atom stereocenters. The second-order valence-electron chi connectivity index (χ2n) is 6.22. The minimum Gasteiger partial charge on any atom is -0.383 e. The van der Waals surface area contributed by atoms with Gasteiger partial charge in [-0.1, -0.05) is 18.6 Å². The number of ether oxygens (including phenoxy) is 1. The van der Waals surface area contributed by atoms with E-state index in [1.165, 1.54) is 0 Å². The van der Waals surface area contributed by atoms with Gasteiger partial charge in [0.2, 0.25) is 10.0 Å². The number of methoxy groups -OCH3 is 1. The van der Waals surface area contributed by atoms with Crippen molar-refractivity contribution in [3.63, 3.8) is 0 Å². The largest absolute Gasteiger partial charge is 0.383 e. The Bertz CT molecular complexity index is 668. The minimum atomic E-state index is -3.37. The summed E-state index contributed by atoms with van der Waals surface area (Å²) < 4.78 is 31.9. The summed E-state index contributed by atoms with van der Waals surface area (Å²) in [5.41, 5.74) is 0.964. The highest BCUT2D eigenvalue weighted by Crippen LogP contribution is 2.21. The van der Waals surface area contributed by atoms with Gasteiger partial charge in [0.05, 0.1) is 18.0 Å². The van der Waals surface area contributed by atoms with Gasteiger partial charge in [-0.05, 0) is 37.5 Å². The molecule has 1 saturated heterocycles. The summed E-state index contributed by atoms with van der Waals surface area (Å²) in [6, 6.07) is 7.03. The molecule has 2 rings (SSSR count). The zero-order valence-electron chi connectivity index (χ0n) is 15.7. The number of aliphatic imine (C=N–C) groups is 1. The normalized spacial score (nSPS) is 16.5. The zero-order chi connectivity index (χ0) is 18.8. The van der Waals surface area contributed by atoms with Crippen LogP contribution in [-0.2, 0) is 21.3 Å². The first kappa shape index (κ1) is 20.7. The predicted molar refractivity (Wildman–Crippen MR) is 104 cm³/mol. The highest BCUT2D eigenvalue weighted by atomic mass is 32.2. The van der Waals surface area contributed by atoms with Gasteiger partial charge >= 0.3 is 0 Å². The fourth-order valence-electron chi connectivity index (χ4n) is 2.80. The number of guanidine groups is 1. The maximum Gasteiger partial charge on any atom is 0.243 e. The van der Waals surface area contributed by atoms with Gasteiger partial charge in [-0.15, -0.1) is 0 Å². The number of nitrogens with zero attached hydrogens (tertiary/aromatic N) is 2. The summed E-state index contributed by atoms with van der Waals surface area (Å²) in [6.07, 6.45) is 2.99. The first-order valence-corrected chi connectivity index (χ1v) is 10.6. The van der Waals surface area contributed by atoms with Crippen LogP contribution in [0.1, 0.15) is 31.7 Å². The van der Waals surface area contributed by atoms with Crippen molar-refractivity contribution in [2.45, 2.75) is 37.6 Å². The molecule has 0 radical (unpaired) electrons. The van der Waals surface area contributed by atoms with Crippen LogP contribution in [0.3, 0.4) is 0 Å². The smallest absolute Gasteiger partial charge is 0.243 e. The van der Waals surface area contributed by atoms with Crippen LogP contribution >= 0.6 is 0 Å². The molecule has 8 heteroatoms. The summed E-state index contributed by atoms with van der Waals surface area (Å²) >= 11 is 0. The molecule has 0 saturated carbocycles. The Balaban J connectivity index is 2.00. The van der Waals surface area contributed by atoms with Gasteiger partial charge in [0.1, 0.15) is 0 Å². The summed E-state index contributed by atoms with van der Waals surface area (Å²) in [7, 11) is -1.72.